The van der Waals surface area contributed by atoms with Crippen molar-refractivity contribution >= 4 is 5.71 Å². The molecule has 3 fully saturated rings. The van der Waals surface area contributed by atoms with Crippen molar-refractivity contribution in [3.63, 3.8) is 0 Å². The van der Waals surface area contributed by atoms with Gasteiger partial charge in [0.15, 0.2) is 0 Å². The number of allylic oxidation sites excluding steroid dienone is 2. The summed E-state index contributed by atoms with van der Waals surface area (Å²) in [5.41, 5.74) is 2.39. The van der Waals surface area contributed by atoms with Gasteiger partial charge < -0.3 is 10.3 Å². The van der Waals surface area contributed by atoms with Gasteiger partial charge in [-0.05, 0) is 81.0 Å². The zero-order valence-electron chi connectivity index (χ0n) is 12.0. The van der Waals surface area contributed by atoms with Crippen molar-refractivity contribution < 1.29 is 10.3 Å². The summed E-state index contributed by atoms with van der Waals surface area (Å²) in [5.74, 6) is 3.34. The van der Waals surface area contributed by atoms with E-state index in [2.05, 4.69) is 11.2 Å². The molecule has 0 unspecified atom stereocenters. The second-order valence-electron chi connectivity index (χ2n) is 7.33. The normalized spacial score (nSPS) is 49.2. The zero-order valence-corrected chi connectivity index (χ0v) is 12.0. The second-order valence-corrected chi connectivity index (χ2v) is 7.33. The van der Waals surface area contributed by atoms with Gasteiger partial charge in [-0.1, -0.05) is 16.8 Å². The highest BCUT2D eigenvalue weighted by Gasteiger charge is 2.51. The highest BCUT2D eigenvalue weighted by Crippen LogP contribution is 2.56. The number of oxime groups is 1. The number of aliphatic hydroxyl groups excluding tert-OH is 1. The monoisotopic (exact) mass is 275 g/mol. The number of nitrogens with zero attached hydrogens (tertiary/aromatic N) is 1. The molecule has 0 aromatic rings. The van der Waals surface area contributed by atoms with Gasteiger partial charge in [-0.3, -0.25) is 0 Å². The summed E-state index contributed by atoms with van der Waals surface area (Å²) in [6.07, 6.45) is 11.8. The fourth-order valence-electron chi connectivity index (χ4n) is 5.85. The van der Waals surface area contributed by atoms with E-state index in [0.717, 1.165) is 30.6 Å². The van der Waals surface area contributed by atoms with Crippen LogP contribution in [0.1, 0.15) is 51.4 Å². The molecule has 0 aromatic carbocycles. The lowest BCUT2D eigenvalue weighted by Crippen LogP contribution is -2.42. The minimum Gasteiger partial charge on any atom is -0.411 e. The van der Waals surface area contributed by atoms with Crippen LogP contribution in [0.2, 0.25) is 0 Å². The van der Waals surface area contributed by atoms with Crippen LogP contribution in [0.15, 0.2) is 16.8 Å². The first-order chi connectivity index (χ1) is 9.79. The maximum atomic E-state index is 10.3. The van der Waals surface area contributed by atoms with E-state index in [1.807, 2.05) is 0 Å². The van der Waals surface area contributed by atoms with Gasteiger partial charge in [-0.2, -0.15) is 0 Å². The molecule has 20 heavy (non-hydrogen) atoms. The van der Waals surface area contributed by atoms with Crippen LogP contribution in [0.3, 0.4) is 0 Å². The number of fused-ring (bicyclic) bond motifs is 5. The van der Waals surface area contributed by atoms with Gasteiger partial charge >= 0.3 is 0 Å². The molecular formula is C17H25NO2. The number of hydrogen-bond donors (Lipinski definition) is 2. The lowest BCUT2D eigenvalue weighted by Gasteiger charge is -2.49. The summed E-state index contributed by atoms with van der Waals surface area (Å²) in [6.45, 7) is 0. The Bertz CT molecular complexity index is 454. The Kier molecular flexibility index (Phi) is 3.13. The van der Waals surface area contributed by atoms with Crippen LogP contribution >= 0.6 is 0 Å². The lowest BCUT2D eigenvalue weighted by atomic mass is 9.56. The van der Waals surface area contributed by atoms with Gasteiger partial charge in [0.2, 0.25) is 0 Å². The molecule has 0 aliphatic heterocycles. The number of hydrogen-bond acceptors (Lipinski definition) is 3. The van der Waals surface area contributed by atoms with Crippen LogP contribution < -0.4 is 0 Å². The van der Waals surface area contributed by atoms with E-state index in [1.54, 1.807) is 5.57 Å². The van der Waals surface area contributed by atoms with Crippen molar-refractivity contribution in [2.75, 3.05) is 0 Å². The third kappa shape index (κ3) is 1.78. The Morgan fingerprint density at radius 2 is 1.85 bits per heavy atom. The fraction of sp³-hybridized carbons (Fsp3) is 0.824. The Morgan fingerprint density at radius 3 is 2.70 bits per heavy atom. The first kappa shape index (κ1) is 12.9. The Balaban J connectivity index is 1.60. The van der Waals surface area contributed by atoms with E-state index in [1.165, 1.54) is 38.5 Å². The summed E-state index contributed by atoms with van der Waals surface area (Å²) in [5, 5.41) is 22.8. The molecular weight excluding hydrogens is 250 g/mol. The molecule has 0 spiro atoms. The second kappa shape index (κ2) is 4.87. The minimum atomic E-state index is -0.478. The van der Waals surface area contributed by atoms with Gasteiger partial charge in [0.1, 0.15) is 0 Å². The van der Waals surface area contributed by atoms with Crippen LogP contribution in [0, 0.1) is 29.6 Å². The maximum absolute atomic E-state index is 10.3. The highest BCUT2D eigenvalue weighted by molar-refractivity contribution is 5.90. The van der Waals surface area contributed by atoms with Crippen molar-refractivity contribution in [3.8, 4) is 0 Å². The van der Waals surface area contributed by atoms with Gasteiger partial charge in [-0.25, -0.2) is 0 Å². The van der Waals surface area contributed by atoms with Crippen molar-refractivity contribution in [1.82, 2.24) is 0 Å². The predicted octanol–water partition coefficient (Wildman–Crippen LogP) is 3.36. The summed E-state index contributed by atoms with van der Waals surface area (Å²) in [7, 11) is 0. The summed E-state index contributed by atoms with van der Waals surface area (Å²) >= 11 is 0. The van der Waals surface area contributed by atoms with E-state index in [-0.39, 0.29) is 0 Å². The van der Waals surface area contributed by atoms with Gasteiger partial charge in [-0.15, -0.1) is 0 Å². The van der Waals surface area contributed by atoms with E-state index in [4.69, 9.17) is 5.21 Å². The Labute approximate surface area is 120 Å². The van der Waals surface area contributed by atoms with E-state index in [9.17, 15) is 5.11 Å². The Morgan fingerprint density at radius 1 is 1.00 bits per heavy atom. The summed E-state index contributed by atoms with van der Waals surface area (Å²) in [6, 6.07) is 0. The smallest absolute Gasteiger partial charge is 0.0985 e. The fourth-order valence-corrected chi connectivity index (χ4v) is 5.85. The highest BCUT2D eigenvalue weighted by atomic mass is 16.4. The molecule has 0 heterocycles. The summed E-state index contributed by atoms with van der Waals surface area (Å²) < 4.78 is 0. The van der Waals surface area contributed by atoms with Crippen molar-refractivity contribution in [2.45, 2.75) is 57.5 Å². The molecule has 110 valence electrons. The first-order valence-electron chi connectivity index (χ1n) is 8.37. The number of aliphatic hydroxyl groups is 1. The van der Waals surface area contributed by atoms with Crippen molar-refractivity contribution in [3.05, 3.63) is 11.6 Å². The third-order valence-electron chi connectivity index (χ3n) is 6.69. The third-order valence-corrected chi connectivity index (χ3v) is 6.69. The molecule has 4 rings (SSSR count). The van der Waals surface area contributed by atoms with Crippen LogP contribution in [0.4, 0.5) is 0 Å². The molecule has 0 bridgehead atoms. The zero-order chi connectivity index (χ0) is 13.7. The standard InChI is InChI=1S/C17H25NO2/c19-17-14-8-7-12-11-4-2-1-3-10(11)5-6-13(12)15(14)9-16(17)18-20/h3,11-15,17,19-20H,1-2,4-9H2/t11-,12+,13+,14-,15-,17+/m0/s1. The molecule has 3 saturated carbocycles. The first-order valence-corrected chi connectivity index (χ1v) is 8.37. The average molecular weight is 275 g/mol. The van der Waals surface area contributed by atoms with Crippen LogP contribution in [-0.2, 0) is 0 Å². The van der Waals surface area contributed by atoms with E-state index in [0.29, 0.717) is 17.5 Å². The van der Waals surface area contributed by atoms with Crippen molar-refractivity contribution in [2.24, 2.45) is 34.7 Å². The van der Waals surface area contributed by atoms with Crippen LogP contribution in [0.5, 0.6) is 0 Å². The molecule has 0 saturated heterocycles. The van der Waals surface area contributed by atoms with Crippen molar-refractivity contribution in [1.29, 1.82) is 0 Å². The quantitative estimate of drug-likeness (QED) is 0.404. The predicted molar refractivity (Wildman–Crippen MR) is 77.7 cm³/mol. The SMILES string of the molecule is ON=C1C[C@H]2[C@@H]3CCC4=CCCC[C@@H]4[C@H]3CC[C@@H]2[C@H]1O. The molecule has 4 aliphatic rings. The lowest BCUT2D eigenvalue weighted by molar-refractivity contribution is 0.0152. The van der Waals surface area contributed by atoms with Crippen LogP contribution in [-0.4, -0.2) is 22.1 Å². The molecule has 2 N–H and O–H groups in total. The summed E-state index contributed by atoms with van der Waals surface area (Å²) in [4.78, 5) is 0. The Hall–Kier alpha value is -0.830. The van der Waals surface area contributed by atoms with Gasteiger partial charge in [0, 0.05) is 0 Å². The number of rotatable bonds is 0. The van der Waals surface area contributed by atoms with Gasteiger partial charge in [0.05, 0.1) is 11.8 Å². The average Bonchev–Trinajstić information content (AvgIpc) is 2.83. The van der Waals surface area contributed by atoms with E-state index < -0.39 is 6.10 Å². The topological polar surface area (TPSA) is 52.8 Å². The minimum absolute atomic E-state index is 0.358. The van der Waals surface area contributed by atoms with Gasteiger partial charge in [0.25, 0.3) is 0 Å². The largest absolute Gasteiger partial charge is 0.411 e. The molecule has 0 amide bonds. The molecule has 3 heteroatoms. The van der Waals surface area contributed by atoms with Crippen LogP contribution in [0.25, 0.3) is 0 Å². The molecule has 3 nitrogen and oxygen atoms in total. The van der Waals surface area contributed by atoms with E-state index >= 15 is 0 Å². The molecule has 0 aromatic heterocycles. The molecule has 4 aliphatic carbocycles. The maximum Gasteiger partial charge on any atom is 0.0985 e. The molecule has 0 radical (unpaired) electrons. The molecule has 6 atom stereocenters.